The predicted molar refractivity (Wildman–Crippen MR) is 118 cm³/mol. The summed E-state index contributed by atoms with van der Waals surface area (Å²) >= 11 is 0. The van der Waals surface area contributed by atoms with Gasteiger partial charge in [-0.05, 0) is 69.4 Å². The first kappa shape index (κ1) is 24.0. The Hall–Kier alpha value is -3.26. The Morgan fingerprint density at radius 3 is 2.23 bits per heavy atom. The van der Waals surface area contributed by atoms with E-state index in [9.17, 15) is 18.8 Å². The SMILES string of the molecule is CNC(=O)C(C)(C)NC(=O)c1cc(CN(C)C)cc(NC(=O)Cc2ccc(F)cc2)c1. The smallest absolute Gasteiger partial charge is 0.252 e. The molecule has 0 aromatic heterocycles. The summed E-state index contributed by atoms with van der Waals surface area (Å²) in [6.45, 7) is 3.78. The molecule has 0 atom stereocenters. The van der Waals surface area contributed by atoms with Crippen LogP contribution >= 0.6 is 0 Å². The zero-order chi connectivity index (χ0) is 23.2. The number of nitrogens with one attached hydrogen (secondary N) is 3. The number of anilines is 1. The van der Waals surface area contributed by atoms with Crippen molar-refractivity contribution in [1.29, 1.82) is 0 Å². The van der Waals surface area contributed by atoms with Crippen LogP contribution in [0.15, 0.2) is 42.5 Å². The number of hydrogen-bond donors (Lipinski definition) is 3. The van der Waals surface area contributed by atoms with Crippen molar-refractivity contribution in [2.75, 3.05) is 26.5 Å². The maximum atomic E-state index is 13.1. The number of halogens is 1. The molecule has 7 nitrogen and oxygen atoms in total. The summed E-state index contributed by atoms with van der Waals surface area (Å²) < 4.78 is 13.1. The second-order valence-electron chi connectivity index (χ2n) is 8.17. The van der Waals surface area contributed by atoms with Gasteiger partial charge in [0.15, 0.2) is 0 Å². The minimum absolute atomic E-state index is 0.0728. The fourth-order valence-electron chi connectivity index (χ4n) is 3.07. The van der Waals surface area contributed by atoms with Crippen LogP contribution in [-0.2, 0) is 22.6 Å². The van der Waals surface area contributed by atoms with E-state index in [0.29, 0.717) is 23.4 Å². The molecule has 0 saturated heterocycles. The van der Waals surface area contributed by atoms with Crippen LogP contribution in [0.25, 0.3) is 0 Å². The van der Waals surface area contributed by atoms with Crippen LogP contribution in [0.2, 0.25) is 0 Å². The molecule has 8 heteroatoms. The molecule has 3 N–H and O–H groups in total. The molecule has 166 valence electrons. The molecule has 2 aromatic rings. The van der Waals surface area contributed by atoms with Crippen LogP contribution in [0.4, 0.5) is 10.1 Å². The third kappa shape index (κ3) is 7.18. The quantitative estimate of drug-likeness (QED) is 0.602. The number of likely N-dealkylation sites (N-methyl/N-ethyl adjacent to an activating group) is 1. The Balaban J connectivity index is 2.24. The first-order valence-corrected chi connectivity index (χ1v) is 9.88. The maximum Gasteiger partial charge on any atom is 0.252 e. The molecule has 0 saturated carbocycles. The van der Waals surface area contributed by atoms with Gasteiger partial charge in [-0.2, -0.15) is 0 Å². The summed E-state index contributed by atoms with van der Waals surface area (Å²) in [6.07, 6.45) is 0.0728. The number of benzene rings is 2. The number of nitrogens with zero attached hydrogens (tertiary/aromatic N) is 1. The monoisotopic (exact) mass is 428 g/mol. The summed E-state index contributed by atoms with van der Waals surface area (Å²) in [6, 6.07) is 10.8. The second-order valence-corrected chi connectivity index (χ2v) is 8.17. The highest BCUT2D eigenvalue weighted by Crippen LogP contribution is 2.18. The van der Waals surface area contributed by atoms with Gasteiger partial charge in [0.1, 0.15) is 11.4 Å². The Morgan fingerprint density at radius 1 is 1.00 bits per heavy atom. The van der Waals surface area contributed by atoms with Gasteiger partial charge in [-0.1, -0.05) is 12.1 Å². The van der Waals surface area contributed by atoms with Crippen LogP contribution in [0.1, 0.15) is 35.3 Å². The summed E-state index contributed by atoms with van der Waals surface area (Å²) in [5.74, 6) is -1.40. The number of rotatable bonds is 8. The molecule has 2 rings (SSSR count). The van der Waals surface area contributed by atoms with Gasteiger partial charge in [0.25, 0.3) is 5.91 Å². The van der Waals surface area contributed by atoms with E-state index in [-0.39, 0.29) is 24.1 Å². The minimum atomic E-state index is -1.10. The van der Waals surface area contributed by atoms with E-state index in [2.05, 4.69) is 16.0 Å². The third-order valence-corrected chi connectivity index (χ3v) is 4.54. The number of amides is 3. The molecule has 0 fully saturated rings. The maximum absolute atomic E-state index is 13.1. The van der Waals surface area contributed by atoms with Crippen molar-refractivity contribution in [3.8, 4) is 0 Å². The Morgan fingerprint density at radius 2 is 1.65 bits per heavy atom. The third-order valence-electron chi connectivity index (χ3n) is 4.54. The van der Waals surface area contributed by atoms with Gasteiger partial charge in [-0.3, -0.25) is 14.4 Å². The highest BCUT2D eigenvalue weighted by molar-refractivity contribution is 6.00. The van der Waals surface area contributed by atoms with E-state index in [1.807, 2.05) is 19.0 Å². The standard InChI is InChI=1S/C23H29FN4O3/c1-23(2,22(31)25-3)27-21(30)17-10-16(14-28(4)5)11-19(13-17)26-20(29)12-15-6-8-18(24)9-7-15/h6-11,13H,12,14H2,1-5H3,(H,25,31)(H,26,29)(H,27,30). The van der Waals surface area contributed by atoms with E-state index in [4.69, 9.17) is 0 Å². The number of carbonyl (C=O) groups excluding carboxylic acids is 3. The van der Waals surface area contributed by atoms with Gasteiger partial charge in [0, 0.05) is 24.8 Å². The van der Waals surface area contributed by atoms with Crippen LogP contribution < -0.4 is 16.0 Å². The highest BCUT2D eigenvalue weighted by Gasteiger charge is 2.29. The normalized spacial score (nSPS) is 11.2. The molecule has 0 aliphatic rings. The van der Waals surface area contributed by atoms with Crippen molar-refractivity contribution in [3.05, 3.63) is 65.0 Å². The molecule has 0 aliphatic carbocycles. The molecule has 0 aliphatic heterocycles. The van der Waals surface area contributed by atoms with Gasteiger partial charge < -0.3 is 20.9 Å². The van der Waals surface area contributed by atoms with Crippen LogP contribution in [0.5, 0.6) is 0 Å². The first-order valence-electron chi connectivity index (χ1n) is 9.88. The average molecular weight is 429 g/mol. The molecular weight excluding hydrogens is 399 g/mol. The van der Waals surface area contributed by atoms with E-state index in [0.717, 1.165) is 5.56 Å². The van der Waals surface area contributed by atoms with Crippen molar-refractivity contribution in [2.24, 2.45) is 0 Å². The molecule has 0 spiro atoms. The fourth-order valence-corrected chi connectivity index (χ4v) is 3.07. The van der Waals surface area contributed by atoms with E-state index in [1.54, 1.807) is 44.2 Å². The fraction of sp³-hybridized carbons (Fsp3) is 0.348. The summed E-state index contributed by atoms with van der Waals surface area (Å²) in [5.41, 5.74) is 1.19. The zero-order valence-electron chi connectivity index (χ0n) is 18.5. The molecule has 0 heterocycles. The molecule has 31 heavy (non-hydrogen) atoms. The molecule has 3 amide bonds. The molecular formula is C23H29FN4O3. The minimum Gasteiger partial charge on any atom is -0.357 e. The summed E-state index contributed by atoms with van der Waals surface area (Å²) in [7, 11) is 5.30. The predicted octanol–water partition coefficient (Wildman–Crippen LogP) is 2.32. The van der Waals surface area contributed by atoms with Crippen LogP contribution in [-0.4, -0.2) is 49.3 Å². The van der Waals surface area contributed by atoms with Crippen LogP contribution in [0.3, 0.4) is 0 Å². The lowest BCUT2D eigenvalue weighted by atomic mass is 10.0. The second kappa shape index (κ2) is 10.2. The lowest BCUT2D eigenvalue weighted by Gasteiger charge is -2.24. The Bertz CT molecular complexity index is 956. The molecule has 0 radical (unpaired) electrons. The van der Waals surface area contributed by atoms with Crippen molar-refractivity contribution < 1.29 is 18.8 Å². The lowest BCUT2D eigenvalue weighted by molar-refractivity contribution is -0.125. The Kier molecular flexibility index (Phi) is 7.88. The topological polar surface area (TPSA) is 90.5 Å². The largest absolute Gasteiger partial charge is 0.357 e. The molecule has 2 aromatic carbocycles. The zero-order valence-corrected chi connectivity index (χ0v) is 18.5. The van der Waals surface area contributed by atoms with Gasteiger partial charge in [0.05, 0.1) is 6.42 Å². The first-order chi connectivity index (χ1) is 14.5. The van der Waals surface area contributed by atoms with E-state index in [1.165, 1.54) is 19.2 Å². The van der Waals surface area contributed by atoms with Crippen molar-refractivity contribution >= 4 is 23.4 Å². The van der Waals surface area contributed by atoms with Crippen molar-refractivity contribution in [3.63, 3.8) is 0 Å². The number of hydrogen-bond acceptors (Lipinski definition) is 4. The van der Waals surface area contributed by atoms with Gasteiger partial charge >= 0.3 is 0 Å². The van der Waals surface area contributed by atoms with E-state index < -0.39 is 11.4 Å². The summed E-state index contributed by atoms with van der Waals surface area (Å²) in [4.78, 5) is 39.2. The van der Waals surface area contributed by atoms with Gasteiger partial charge in [-0.25, -0.2) is 4.39 Å². The summed E-state index contributed by atoms with van der Waals surface area (Å²) in [5, 5.41) is 8.04. The van der Waals surface area contributed by atoms with Crippen molar-refractivity contribution in [2.45, 2.75) is 32.4 Å². The van der Waals surface area contributed by atoms with E-state index >= 15 is 0 Å². The van der Waals surface area contributed by atoms with Gasteiger partial charge in [0.2, 0.25) is 11.8 Å². The molecule has 0 bridgehead atoms. The Labute approximate surface area is 182 Å². The van der Waals surface area contributed by atoms with Gasteiger partial charge in [-0.15, -0.1) is 0 Å². The lowest BCUT2D eigenvalue weighted by Crippen LogP contribution is -2.53. The van der Waals surface area contributed by atoms with Crippen LogP contribution in [0, 0.1) is 5.82 Å². The molecule has 0 unspecified atom stereocenters. The van der Waals surface area contributed by atoms with Crippen molar-refractivity contribution in [1.82, 2.24) is 15.5 Å². The average Bonchev–Trinajstić information content (AvgIpc) is 2.67. The highest BCUT2D eigenvalue weighted by atomic mass is 19.1. The number of carbonyl (C=O) groups is 3.